The molecule has 4 heteroatoms. The Balaban J connectivity index is 1.83. The van der Waals surface area contributed by atoms with Crippen molar-refractivity contribution >= 4 is 5.78 Å². The van der Waals surface area contributed by atoms with Gasteiger partial charge in [0.05, 0.1) is 6.61 Å². The van der Waals surface area contributed by atoms with E-state index in [1.54, 1.807) is 12.1 Å². The van der Waals surface area contributed by atoms with Crippen molar-refractivity contribution in [3.63, 3.8) is 0 Å². The molecule has 1 saturated heterocycles. The third-order valence-corrected chi connectivity index (χ3v) is 2.95. The molecule has 19 heavy (non-hydrogen) atoms. The van der Waals surface area contributed by atoms with Crippen LogP contribution in [0.5, 0.6) is 0 Å². The highest BCUT2D eigenvalue weighted by Gasteiger charge is 2.14. The molecule has 1 aromatic rings. The van der Waals surface area contributed by atoms with Crippen LogP contribution in [0.1, 0.15) is 29.6 Å². The summed E-state index contributed by atoms with van der Waals surface area (Å²) in [6, 6.07) is 9.04. The van der Waals surface area contributed by atoms with Crippen LogP contribution in [0, 0.1) is 0 Å². The number of hydrogen-bond donors (Lipinski definition) is 1. The molecule has 1 atom stereocenters. The number of ketones is 1. The fourth-order valence-electron chi connectivity index (χ4n) is 1.93. The lowest BCUT2D eigenvalue weighted by Crippen LogP contribution is -2.24. The molecule has 1 aromatic carbocycles. The standard InChI is InChI=1S/C15H19NO3/c16-13(11-19-15-8-4-5-9-18-15)10-14(17)12-6-2-1-3-7-12/h1-3,6-7,10,15H,4-5,8-9,11,16H2/b13-10-. The summed E-state index contributed by atoms with van der Waals surface area (Å²) >= 11 is 0. The molecule has 2 rings (SSSR count). The maximum atomic E-state index is 11.9. The molecule has 0 saturated carbocycles. The molecule has 1 unspecified atom stereocenters. The Hall–Kier alpha value is -1.65. The van der Waals surface area contributed by atoms with Crippen molar-refractivity contribution in [1.82, 2.24) is 0 Å². The minimum atomic E-state index is -0.187. The van der Waals surface area contributed by atoms with E-state index in [1.165, 1.54) is 6.08 Å². The molecule has 2 N–H and O–H groups in total. The maximum Gasteiger partial charge on any atom is 0.187 e. The molecule has 0 aromatic heterocycles. The SMILES string of the molecule is N/C(=C\C(=O)c1ccccc1)COC1CCCCO1. The molecular weight excluding hydrogens is 242 g/mol. The van der Waals surface area contributed by atoms with Crippen molar-refractivity contribution in [3.05, 3.63) is 47.7 Å². The Morgan fingerprint density at radius 3 is 2.84 bits per heavy atom. The number of nitrogens with two attached hydrogens (primary N) is 1. The number of hydrogen-bond acceptors (Lipinski definition) is 4. The zero-order chi connectivity index (χ0) is 13.5. The predicted octanol–water partition coefficient (Wildman–Crippen LogP) is 2.26. The Morgan fingerprint density at radius 2 is 2.16 bits per heavy atom. The van der Waals surface area contributed by atoms with Gasteiger partial charge in [0.15, 0.2) is 12.1 Å². The molecule has 1 aliphatic rings. The summed E-state index contributed by atoms with van der Waals surface area (Å²) in [6.07, 6.45) is 4.31. The van der Waals surface area contributed by atoms with Crippen LogP contribution < -0.4 is 5.73 Å². The van der Waals surface area contributed by atoms with E-state index >= 15 is 0 Å². The van der Waals surface area contributed by atoms with Gasteiger partial charge in [0.2, 0.25) is 0 Å². The first-order valence-corrected chi connectivity index (χ1v) is 6.54. The van der Waals surface area contributed by atoms with Crippen LogP contribution in [0.25, 0.3) is 0 Å². The fourth-order valence-corrected chi connectivity index (χ4v) is 1.93. The van der Waals surface area contributed by atoms with Gasteiger partial charge in [-0.05, 0) is 19.3 Å². The monoisotopic (exact) mass is 261 g/mol. The second-order valence-corrected chi connectivity index (χ2v) is 4.56. The van der Waals surface area contributed by atoms with Crippen LogP contribution in [0.3, 0.4) is 0 Å². The van der Waals surface area contributed by atoms with Crippen LogP contribution in [-0.4, -0.2) is 25.3 Å². The summed E-state index contributed by atoms with van der Waals surface area (Å²) in [5.41, 5.74) is 6.83. The average Bonchev–Trinajstić information content (AvgIpc) is 2.47. The summed E-state index contributed by atoms with van der Waals surface area (Å²) < 4.78 is 10.9. The number of allylic oxidation sites excluding steroid dienone is 1. The van der Waals surface area contributed by atoms with E-state index in [2.05, 4.69) is 0 Å². The summed E-state index contributed by atoms with van der Waals surface area (Å²) in [7, 11) is 0. The molecule has 102 valence electrons. The van der Waals surface area contributed by atoms with Crippen molar-refractivity contribution in [2.75, 3.05) is 13.2 Å². The Kier molecular flexibility index (Phi) is 5.12. The first-order valence-electron chi connectivity index (χ1n) is 6.54. The highest BCUT2D eigenvalue weighted by molar-refractivity contribution is 6.04. The van der Waals surface area contributed by atoms with E-state index < -0.39 is 0 Å². The van der Waals surface area contributed by atoms with Crippen LogP contribution in [-0.2, 0) is 9.47 Å². The smallest absolute Gasteiger partial charge is 0.187 e. The van der Waals surface area contributed by atoms with Gasteiger partial charge in [-0.25, -0.2) is 0 Å². The largest absolute Gasteiger partial charge is 0.400 e. The van der Waals surface area contributed by atoms with E-state index in [0.29, 0.717) is 11.3 Å². The third kappa shape index (κ3) is 4.50. The molecule has 0 aliphatic carbocycles. The quantitative estimate of drug-likeness (QED) is 0.652. The summed E-state index contributed by atoms with van der Waals surface area (Å²) in [5, 5.41) is 0. The fraction of sp³-hybridized carbons (Fsp3) is 0.400. The van der Waals surface area contributed by atoms with Crippen LogP contribution in [0.15, 0.2) is 42.1 Å². The number of carbonyl (C=O) groups is 1. The van der Waals surface area contributed by atoms with Crippen molar-refractivity contribution < 1.29 is 14.3 Å². The van der Waals surface area contributed by atoms with E-state index in [0.717, 1.165) is 25.9 Å². The Morgan fingerprint density at radius 1 is 1.37 bits per heavy atom. The lowest BCUT2D eigenvalue weighted by molar-refractivity contribution is -0.157. The van der Waals surface area contributed by atoms with E-state index in [4.69, 9.17) is 15.2 Å². The van der Waals surface area contributed by atoms with Gasteiger partial charge >= 0.3 is 0 Å². The van der Waals surface area contributed by atoms with Crippen molar-refractivity contribution in [2.24, 2.45) is 5.73 Å². The number of benzene rings is 1. The molecule has 1 heterocycles. The zero-order valence-electron chi connectivity index (χ0n) is 10.9. The van der Waals surface area contributed by atoms with Crippen LogP contribution >= 0.6 is 0 Å². The third-order valence-electron chi connectivity index (χ3n) is 2.95. The minimum absolute atomic E-state index is 0.105. The molecule has 0 radical (unpaired) electrons. The van der Waals surface area contributed by atoms with Gasteiger partial charge in [-0.3, -0.25) is 4.79 Å². The normalized spacial score (nSPS) is 20.2. The van der Waals surface area contributed by atoms with Gasteiger partial charge < -0.3 is 15.2 Å². The molecule has 0 spiro atoms. The lowest BCUT2D eigenvalue weighted by Gasteiger charge is -2.22. The molecule has 0 bridgehead atoms. The predicted molar refractivity (Wildman–Crippen MR) is 72.6 cm³/mol. The average molecular weight is 261 g/mol. The number of ether oxygens (including phenoxy) is 2. The van der Waals surface area contributed by atoms with Crippen molar-refractivity contribution in [2.45, 2.75) is 25.6 Å². The molecule has 0 amide bonds. The van der Waals surface area contributed by atoms with E-state index in [9.17, 15) is 4.79 Å². The minimum Gasteiger partial charge on any atom is -0.400 e. The molecule has 1 fully saturated rings. The maximum absolute atomic E-state index is 11.9. The lowest BCUT2D eigenvalue weighted by atomic mass is 10.1. The second-order valence-electron chi connectivity index (χ2n) is 4.56. The first-order chi connectivity index (χ1) is 9.25. The van der Waals surface area contributed by atoms with Gasteiger partial charge in [0, 0.05) is 23.9 Å². The van der Waals surface area contributed by atoms with Gasteiger partial charge in [0.25, 0.3) is 0 Å². The molecular formula is C15H19NO3. The summed E-state index contributed by atoms with van der Waals surface area (Å²) in [4.78, 5) is 11.9. The van der Waals surface area contributed by atoms with E-state index in [1.807, 2.05) is 18.2 Å². The Labute approximate surface area is 113 Å². The number of rotatable bonds is 5. The molecule has 1 aliphatic heterocycles. The topological polar surface area (TPSA) is 61.6 Å². The van der Waals surface area contributed by atoms with E-state index in [-0.39, 0.29) is 18.7 Å². The van der Waals surface area contributed by atoms with Gasteiger partial charge in [0.1, 0.15) is 0 Å². The molecule has 4 nitrogen and oxygen atoms in total. The first kappa shape index (κ1) is 13.8. The van der Waals surface area contributed by atoms with Crippen molar-refractivity contribution in [3.8, 4) is 0 Å². The second kappa shape index (κ2) is 7.07. The summed E-state index contributed by atoms with van der Waals surface area (Å²) in [5.74, 6) is -0.105. The van der Waals surface area contributed by atoms with Crippen LogP contribution in [0.4, 0.5) is 0 Å². The van der Waals surface area contributed by atoms with Crippen LogP contribution in [0.2, 0.25) is 0 Å². The summed E-state index contributed by atoms with van der Waals surface area (Å²) in [6.45, 7) is 0.959. The number of carbonyl (C=O) groups excluding carboxylic acids is 1. The van der Waals surface area contributed by atoms with Crippen molar-refractivity contribution in [1.29, 1.82) is 0 Å². The van der Waals surface area contributed by atoms with Gasteiger partial charge in [-0.15, -0.1) is 0 Å². The highest BCUT2D eigenvalue weighted by Crippen LogP contribution is 2.14. The Bertz CT molecular complexity index is 436. The van der Waals surface area contributed by atoms with Gasteiger partial charge in [-0.2, -0.15) is 0 Å². The highest BCUT2D eigenvalue weighted by atomic mass is 16.7. The van der Waals surface area contributed by atoms with Gasteiger partial charge in [-0.1, -0.05) is 30.3 Å². The zero-order valence-corrected chi connectivity index (χ0v) is 10.9.